The molecule has 2 aliphatic heterocycles. The first-order valence-corrected chi connectivity index (χ1v) is 13.7. The van der Waals surface area contributed by atoms with Gasteiger partial charge in [-0.1, -0.05) is 6.92 Å². The topological polar surface area (TPSA) is 114 Å². The molecule has 2 amide bonds. The van der Waals surface area contributed by atoms with Crippen LogP contribution in [-0.2, 0) is 23.0 Å². The number of quaternary nitrogens is 1. The Hall–Kier alpha value is -2.27. The summed E-state index contributed by atoms with van der Waals surface area (Å²) in [7, 11) is -3.58. The minimum absolute atomic E-state index is 0.181. The number of nitrogens with zero attached hydrogens (tertiary/aromatic N) is 1. The van der Waals surface area contributed by atoms with E-state index in [2.05, 4.69) is 19.2 Å². The second-order valence-corrected chi connectivity index (χ2v) is 12.0. The smallest absolute Gasteiger partial charge is 0.256 e. The number of amides is 2. The molecule has 178 valence electrons. The Morgan fingerprint density at radius 1 is 1.27 bits per heavy atom. The van der Waals surface area contributed by atoms with Gasteiger partial charge in [-0.3, -0.25) is 9.59 Å². The third-order valence-electron chi connectivity index (χ3n) is 6.58. The first-order chi connectivity index (χ1) is 15.7. The van der Waals surface area contributed by atoms with Gasteiger partial charge in [0, 0.05) is 25.1 Å². The van der Waals surface area contributed by atoms with E-state index in [0.717, 1.165) is 49.3 Å². The van der Waals surface area contributed by atoms with E-state index in [-0.39, 0.29) is 4.90 Å². The van der Waals surface area contributed by atoms with Gasteiger partial charge in [-0.25, -0.2) is 8.42 Å². The van der Waals surface area contributed by atoms with Gasteiger partial charge in [0.1, 0.15) is 11.5 Å². The molecule has 33 heavy (non-hydrogen) atoms. The molecule has 2 unspecified atom stereocenters. The number of benzene rings is 1. The maximum atomic E-state index is 13.0. The number of hydrogen-bond acceptors (Lipinski definition) is 5. The monoisotopic (exact) mass is 491 g/mol. The Bertz CT molecular complexity index is 1160. The standard InChI is InChI=1S/C23H30N4O4S2/c1-3-26-12-10-18-19(14-26)32-23(20(18)21(24)28)25-22(29)16-6-8-17(9-7-16)33(30,31)27-11-4-5-15(2)13-27/h6-9,15H,3-5,10-14H2,1-2H3,(H2,24,28)(H,25,29)/p+1. The number of likely N-dealkylation sites (N-methyl/N-ethyl adjacent to an activating group) is 1. The Kier molecular flexibility index (Phi) is 6.90. The summed E-state index contributed by atoms with van der Waals surface area (Å²) in [5.41, 5.74) is 7.32. The van der Waals surface area contributed by atoms with Crippen molar-refractivity contribution in [3.05, 3.63) is 45.8 Å². The molecule has 4 rings (SSSR count). The number of primary amides is 1. The van der Waals surface area contributed by atoms with Crippen LogP contribution in [0.5, 0.6) is 0 Å². The molecule has 1 aromatic carbocycles. The van der Waals surface area contributed by atoms with Crippen LogP contribution in [0.15, 0.2) is 29.2 Å². The predicted molar refractivity (Wildman–Crippen MR) is 128 cm³/mol. The molecule has 0 radical (unpaired) electrons. The van der Waals surface area contributed by atoms with E-state index < -0.39 is 21.8 Å². The number of nitrogens with two attached hydrogens (primary N) is 1. The van der Waals surface area contributed by atoms with Crippen molar-refractivity contribution >= 4 is 38.2 Å². The third-order valence-corrected chi connectivity index (χ3v) is 9.60. The quantitative estimate of drug-likeness (QED) is 0.568. The Labute approximate surface area is 198 Å². The van der Waals surface area contributed by atoms with Crippen molar-refractivity contribution < 1.29 is 22.9 Å². The first kappa shape index (κ1) is 23.9. The number of thiophene rings is 1. The van der Waals surface area contributed by atoms with E-state index in [9.17, 15) is 18.0 Å². The third kappa shape index (κ3) is 4.84. The van der Waals surface area contributed by atoms with Crippen LogP contribution in [0, 0.1) is 5.92 Å². The average molecular weight is 492 g/mol. The highest BCUT2D eigenvalue weighted by molar-refractivity contribution is 7.89. The summed E-state index contributed by atoms with van der Waals surface area (Å²) in [5, 5.41) is 3.30. The van der Waals surface area contributed by atoms with Gasteiger partial charge < -0.3 is 16.0 Å². The molecule has 0 spiro atoms. The maximum Gasteiger partial charge on any atom is 0.256 e. The molecular formula is C23H31N4O4S2+. The number of hydrogen-bond donors (Lipinski definition) is 3. The number of carbonyl (C=O) groups excluding carboxylic acids is 2. The second kappa shape index (κ2) is 9.54. The lowest BCUT2D eigenvalue weighted by molar-refractivity contribution is -0.913. The van der Waals surface area contributed by atoms with Gasteiger partial charge >= 0.3 is 0 Å². The zero-order valence-corrected chi connectivity index (χ0v) is 20.7. The van der Waals surface area contributed by atoms with Crippen molar-refractivity contribution in [3.63, 3.8) is 0 Å². The predicted octanol–water partition coefficient (Wildman–Crippen LogP) is 1.48. The summed E-state index contributed by atoms with van der Waals surface area (Å²) < 4.78 is 27.4. The van der Waals surface area contributed by atoms with E-state index in [4.69, 9.17) is 5.73 Å². The van der Waals surface area contributed by atoms with Crippen LogP contribution in [0.2, 0.25) is 0 Å². The van der Waals surface area contributed by atoms with E-state index in [0.29, 0.717) is 35.1 Å². The molecule has 0 bridgehead atoms. The summed E-state index contributed by atoms with van der Waals surface area (Å²) in [4.78, 5) is 27.7. The molecule has 0 aliphatic carbocycles. The van der Waals surface area contributed by atoms with Crippen LogP contribution in [-0.4, -0.2) is 50.7 Å². The van der Waals surface area contributed by atoms with E-state index >= 15 is 0 Å². The van der Waals surface area contributed by atoms with Crippen molar-refractivity contribution in [1.29, 1.82) is 0 Å². The molecule has 4 N–H and O–H groups in total. The van der Waals surface area contributed by atoms with Crippen LogP contribution in [0.3, 0.4) is 0 Å². The van der Waals surface area contributed by atoms with E-state index in [1.165, 1.54) is 44.8 Å². The highest BCUT2D eigenvalue weighted by Gasteiger charge is 2.30. The summed E-state index contributed by atoms with van der Waals surface area (Å²) in [5.74, 6) is -0.605. The summed E-state index contributed by atoms with van der Waals surface area (Å²) in [6.45, 7) is 7.95. The average Bonchev–Trinajstić information content (AvgIpc) is 3.16. The molecule has 2 aliphatic rings. The summed E-state index contributed by atoms with van der Waals surface area (Å²) in [6.07, 6.45) is 2.64. The summed E-state index contributed by atoms with van der Waals surface area (Å²) in [6, 6.07) is 5.97. The number of piperidine rings is 1. The van der Waals surface area contributed by atoms with Crippen LogP contribution >= 0.6 is 11.3 Å². The molecule has 3 heterocycles. The zero-order valence-electron chi connectivity index (χ0n) is 19.0. The minimum Gasteiger partial charge on any atom is -0.365 e. The molecule has 2 atom stereocenters. The fourth-order valence-electron chi connectivity index (χ4n) is 4.65. The van der Waals surface area contributed by atoms with Crippen molar-refractivity contribution in [3.8, 4) is 0 Å². The van der Waals surface area contributed by atoms with Gasteiger partial charge in [0.25, 0.3) is 11.8 Å². The molecule has 8 nitrogen and oxygen atoms in total. The van der Waals surface area contributed by atoms with E-state index in [1.54, 1.807) is 0 Å². The fourth-order valence-corrected chi connectivity index (χ4v) is 7.57. The molecule has 1 saturated heterocycles. The molecule has 10 heteroatoms. The van der Waals surface area contributed by atoms with E-state index in [1.807, 2.05) is 0 Å². The highest BCUT2D eigenvalue weighted by atomic mass is 32.2. The van der Waals surface area contributed by atoms with Gasteiger partial charge in [-0.2, -0.15) is 4.31 Å². The number of rotatable bonds is 6. The van der Waals surface area contributed by atoms with Gasteiger partial charge in [0.15, 0.2) is 0 Å². The Balaban J connectivity index is 1.53. The number of anilines is 1. The lowest BCUT2D eigenvalue weighted by Crippen LogP contribution is -3.11. The SMILES string of the molecule is CC[NH+]1CCc2c(sc(NC(=O)c3ccc(S(=O)(=O)N4CCCC(C)C4)cc3)c2C(N)=O)C1. The molecule has 0 saturated carbocycles. The van der Waals surface area contributed by atoms with Gasteiger partial charge in [0.2, 0.25) is 10.0 Å². The zero-order chi connectivity index (χ0) is 23.8. The lowest BCUT2D eigenvalue weighted by Gasteiger charge is -2.30. The Morgan fingerprint density at radius 3 is 2.64 bits per heavy atom. The van der Waals surface area contributed by atoms with Crippen molar-refractivity contribution in [2.75, 3.05) is 31.5 Å². The van der Waals surface area contributed by atoms with Crippen LogP contribution in [0.1, 0.15) is 57.8 Å². The second-order valence-electron chi connectivity index (χ2n) is 8.94. The van der Waals surface area contributed by atoms with Crippen LogP contribution < -0.4 is 16.0 Å². The molecular weight excluding hydrogens is 460 g/mol. The lowest BCUT2D eigenvalue weighted by atomic mass is 10.0. The van der Waals surface area contributed by atoms with Crippen molar-refractivity contribution in [2.45, 2.75) is 44.6 Å². The van der Waals surface area contributed by atoms with Crippen molar-refractivity contribution in [2.24, 2.45) is 11.7 Å². The number of carbonyl (C=O) groups is 2. The van der Waals surface area contributed by atoms with Gasteiger partial charge in [-0.15, -0.1) is 11.3 Å². The highest BCUT2D eigenvalue weighted by Crippen LogP contribution is 2.35. The van der Waals surface area contributed by atoms with Gasteiger partial charge in [0.05, 0.1) is 28.4 Å². The number of fused-ring (bicyclic) bond motifs is 1. The number of sulfonamides is 1. The van der Waals surface area contributed by atoms with Crippen LogP contribution in [0.25, 0.3) is 0 Å². The maximum absolute atomic E-state index is 13.0. The normalized spacial score (nSPS) is 21.4. The Morgan fingerprint density at radius 2 is 2.00 bits per heavy atom. The first-order valence-electron chi connectivity index (χ1n) is 11.4. The van der Waals surface area contributed by atoms with Crippen LogP contribution in [0.4, 0.5) is 5.00 Å². The summed E-state index contributed by atoms with van der Waals surface area (Å²) >= 11 is 1.40. The van der Waals surface area contributed by atoms with Crippen molar-refractivity contribution in [1.82, 2.24) is 4.31 Å². The molecule has 2 aromatic rings. The largest absolute Gasteiger partial charge is 0.365 e. The number of nitrogens with one attached hydrogen (secondary N) is 2. The molecule has 1 fully saturated rings. The minimum atomic E-state index is -3.58. The molecule has 1 aromatic heterocycles. The van der Waals surface area contributed by atoms with Gasteiger partial charge in [-0.05, 0) is 55.5 Å². The fraction of sp³-hybridized carbons (Fsp3) is 0.478.